The molecule has 3 aromatic rings. The van der Waals surface area contributed by atoms with Gasteiger partial charge in [-0.1, -0.05) is 60.1 Å². The number of nitrogens with zero attached hydrogens (tertiary/aromatic N) is 2. The summed E-state index contributed by atoms with van der Waals surface area (Å²) in [6, 6.07) is 16.5. The Hall–Kier alpha value is -2.60. The Balaban J connectivity index is 1.69. The minimum Gasteiger partial charge on any atom is -0.356 e. The maximum Gasteiger partial charge on any atom is 0.254 e. The minimum atomic E-state index is -1.02. The molecular formula is C26H28BrN3O2. The highest BCUT2D eigenvalue weighted by Gasteiger charge is 2.56. The maximum atomic E-state index is 13.9. The fraction of sp³-hybridized carbons (Fsp3) is 0.385. The molecule has 3 heterocycles. The number of aromatic nitrogens is 1. The van der Waals surface area contributed by atoms with Gasteiger partial charge >= 0.3 is 0 Å². The van der Waals surface area contributed by atoms with Crippen molar-refractivity contribution in [2.24, 2.45) is 5.92 Å². The Morgan fingerprint density at radius 3 is 2.56 bits per heavy atom. The summed E-state index contributed by atoms with van der Waals surface area (Å²) in [5.41, 5.74) is 3.11. The molecule has 0 radical (unpaired) electrons. The number of benzene rings is 2. The highest BCUT2D eigenvalue weighted by molar-refractivity contribution is 9.10. The smallest absolute Gasteiger partial charge is 0.254 e. The Kier molecular flexibility index (Phi) is 5.16. The third-order valence-electron chi connectivity index (χ3n) is 7.07. The van der Waals surface area contributed by atoms with E-state index in [0.717, 1.165) is 38.6 Å². The van der Waals surface area contributed by atoms with Crippen molar-refractivity contribution in [3.05, 3.63) is 69.8 Å². The van der Waals surface area contributed by atoms with E-state index in [0.29, 0.717) is 19.0 Å². The van der Waals surface area contributed by atoms with Gasteiger partial charge in [-0.25, -0.2) is 0 Å². The van der Waals surface area contributed by atoms with Crippen molar-refractivity contribution in [1.82, 2.24) is 14.8 Å². The van der Waals surface area contributed by atoms with Crippen molar-refractivity contribution < 1.29 is 9.59 Å². The van der Waals surface area contributed by atoms with Crippen molar-refractivity contribution in [1.29, 1.82) is 0 Å². The fourth-order valence-electron chi connectivity index (χ4n) is 5.26. The number of H-pyrrole nitrogens is 1. The number of hydrogen-bond acceptors (Lipinski definition) is 2. The van der Waals surface area contributed by atoms with Crippen molar-refractivity contribution in [2.75, 3.05) is 19.6 Å². The fourth-order valence-corrected chi connectivity index (χ4v) is 5.53. The molecule has 1 unspecified atom stereocenters. The quantitative estimate of drug-likeness (QED) is 0.555. The molecule has 1 N–H and O–H groups in total. The van der Waals surface area contributed by atoms with E-state index < -0.39 is 5.54 Å². The summed E-state index contributed by atoms with van der Waals surface area (Å²) >= 11 is 3.53. The lowest BCUT2D eigenvalue weighted by Gasteiger charge is -2.51. The van der Waals surface area contributed by atoms with Gasteiger partial charge in [-0.3, -0.25) is 9.59 Å². The second-order valence-electron chi connectivity index (χ2n) is 9.55. The average Bonchev–Trinajstić information content (AvgIpc) is 3.17. The van der Waals surface area contributed by atoms with Gasteiger partial charge in [0.15, 0.2) is 5.54 Å². The molecule has 1 fully saturated rings. The normalized spacial score (nSPS) is 23.1. The zero-order chi connectivity index (χ0) is 22.6. The third kappa shape index (κ3) is 3.19. The van der Waals surface area contributed by atoms with Crippen LogP contribution in [0, 0.1) is 5.92 Å². The number of aromatic amines is 1. The largest absolute Gasteiger partial charge is 0.356 e. The first-order valence-electron chi connectivity index (χ1n) is 11.3. The highest BCUT2D eigenvalue weighted by atomic mass is 79.9. The zero-order valence-electron chi connectivity index (χ0n) is 18.7. The van der Waals surface area contributed by atoms with Crippen LogP contribution in [0.25, 0.3) is 10.9 Å². The minimum absolute atomic E-state index is 0.00119. The molecular weight excluding hydrogens is 466 g/mol. The van der Waals surface area contributed by atoms with Crippen molar-refractivity contribution in [3.63, 3.8) is 0 Å². The number of hydrogen-bond donors (Lipinski definition) is 1. The monoisotopic (exact) mass is 493 g/mol. The molecule has 166 valence electrons. The highest BCUT2D eigenvalue weighted by Crippen LogP contribution is 2.48. The first-order valence-corrected chi connectivity index (χ1v) is 12.1. The molecule has 2 amide bonds. The van der Waals surface area contributed by atoms with E-state index in [-0.39, 0.29) is 24.3 Å². The van der Waals surface area contributed by atoms with Crippen molar-refractivity contribution >= 4 is 38.6 Å². The molecule has 2 aliphatic heterocycles. The molecule has 0 spiro atoms. The molecule has 5 rings (SSSR count). The van der Waals surface area contributed by atoms with E-state index in [2.05, 4.69) is 53.0 Å². The number of piperazine rings is 1. The van der Waals surface area contributed by atoms with E-state index >= 15 is 0 Å². The molecule has 1 saturated heterocycles. The number of para-hydroxylation sites is 1. The van der Waals surface area contributed by atoms with Crippen LogP contribution in [-0.4, -0.2) is 46.2 Å². The van der Waals surface area contributed by atoms with Gasteiger partial charge in [0.05, 0.1) is 12.2 Å². The predicted octanol–water partition coefficient (Wildman–Crippen LogP) is 5.01. The Morgan fingerprint density at radius 1 is 1.12 bits per heavy atom. The van der Waals surface area contributed by atoms with Gasteiger partial charge in [-0.05, 0) is 48.6 Å². The Labute approximate surface area is 196 Å². The summed E-state index contributed by atoms with van der Waals surface area (Å²) < 4.78 is 1.02. The number of halogens is 1. The Bertz CT molecular complexity index is 1200. The van der Waals surface area contributed by atoms with Crippen LogP contribution >= 0.6 is 15.9 Å². The van der Waals surface area contributed by atoms with Gasteiger partial charge in [-0.15, -0.1) is 0 Å². The van der Waals surface area contributed by atoms with Gasteiger partial charge in [0, 0.05) is 34.4 Å². The van der Waals surface area contributed by atoms with Gasteiger partial charge in [0.25, 0.3) is 5.91 Å². The first-order chi connectivity index (χ1) is 15.3. The van der Waals surface area contributed by atoms with E-state index in [4.69, 9.17) is 0 Å². The number of fused-ring (bicyclic) bond motifs is 5. The topological polar surface area (TPSA) is 56.4 Å². The second kappa shape index (κ2) is 7.77. The first kappa shape index (κ1) is 21.3. The SMILES string of the molecule is CC(C)CCN1CC(=O)N2CC(c3ccc(Br)cc3)c3c([nH]c4ccccc34)[C@@]2(C)C1=O. The third-order valence-corrected chi connectivity index (χ3v) is 7.59. The molecule has 5 nitrogen and oxygen atoms in total. The molecule has 0 saturated carbocycles. The number of nitrogens with one attached hydrogen (secondary N) is 1. The second-order valence-corrected chi connectivity index (χ2v) is 10.5. The van der Waals surface area contributed by atoms with Crippen LogP contribution in [0.1, 0.15) is 49.9 Å². The molecule has 2 atom stereocenters. The van der Waals surface area contributed by atoms with Crippen molar-refractivity contribution in [3.8, 4) is 0 Å². The van der Waals surface area contributed by atoms with E-state index in [9.17, 15) is 9.59 Å². The van der Waals surface area contributed by atoms with Crippen LogP contribution in [0.5, 0.6) is 0 Å². The summed E-state index contributed by atoms with van der Waals surface area (Å²) in [6.07, 6.45) is 0.885. The summed E-state index contributed by atoms with van der Waals surface area (Å²) in [5, 5.41) is 1.12. The van der Waals surface area contributed by atoms with Crippen LogP contribution < -0.4 is 0 Å². The van der Waals surface area contributed by atoms with Crippen LogP contribution in [0.15, 0.2) is 53.0 Å². The Morgan fingerprint density at radius 2 is 1.84 bits per heavy atom. The van der Waals surface area contributed by atoms with Gasteiger partial charge < -0.3 is 14.8 Å². The van der Waals surface area contributed by atoms with Crippen LogP contribution in [0.2, 0.25) is 0 Å². The summed E-state index contributed by atoms with van der Waals surface area (Å²) in [4.78, 5) is 34.4. The van der Waals surface area contributed by atoms with Gasteiger partial charge in [-0.2, -0.15) is 0 Å². The van der Waals surface area contributed by atoms with Gasteiger partial charge in [0.2, 0.25) is 5.91 Å². The molecule has 32 heavy (non-hydrogen) atoms. The molecule has 2 aliphatic rings. The van der Waals surface area contributed by atoms with Crippen LogP contribution in [0.4, 0.5) is 0 Å². The molecule has 0 bridgehead atoms. The lowest BCUT2D eigenvalue weighted by atomic mass is 9.76. The van der Waals surface area contributed by atoms with E-state index in [1.807, 2.05) is 42.2 Å². The number of amides is 2. The summed E-state index contributed by atoms with van der Waals surface area (Å²) in [6.45, 7) is 7.46. The predicted molar refractivity (Wildman–Crippen MR) is 129 cm³/mol. The summed E-state index contributed by atoms with van der Waals surface area (Å²) in [5.74, 6) is 0.504. The number of rotatable bonds is 4. The van der Waals surface area contributed by atoms with E-state index in [1.165, 1.54) is 0 Å². The van der Waals surface area contributed by atoms with Gasteiger partial charge in [0.1, 0.15) is 0 Å². The molecule has 1 aromatic heterocycles. The number of carbonyl (C=O) groups is 2. The lowest BCUT2D eigenvalue weighted by Crippen LogP contribution is -2.67. The maximum absolute atomic E-state index is 13.9. The zero-order valence-corrected chi connectivity index (χ0v) is 20.3. The average molecular weight is 494 g/mol. The molecule has 2 aromatic carbocycles. The van der Waals surface area contributed by atoms with E-state index in [1.54, 1.807) is 4.90 Å². The molecule has 0 aliphatic carbocycles. The van der Waals surface area contributed by atoms with Crippen LogP contribution in [0.3, 0.4) is 0 Å². The van der Waals surface area contributed by atoms with Crippen molar-refractivity contribution in [2.45, 2.75) is 38.6 Å². The van der Waals surface area contributed by atoms with Crippen LogP contribution in [-0.2, 0) is 15.1 Å². The number of carbonyl (C=O) groups excluding carboxylic acids is 2. The summed E-state index contributed by atoms with van der Waals surface area (Å²) in [7, 11) is 0. The molecule has 6 heteroatoms. The standard InChI is InChI=1S/C26H28BrN3O2/c1-16(2)12-13-29-15-22(31)30-14-20(17-8-10-18(27)11-9-17)23-19-6-4-5-7-21(19)28-24(23)26(30,3)25(29)32/h4-11,16,20,28H,12-15H2,1-3H3/t20?,26-/m0/s1. The lowest BCUT2D eigenvalue weighted by molar-refractivity contribution is -0.166.